The van der Waals surface area contributed by atoms with Gasteiger partial charge >= 0.3 is 0 Å². The standard InChI is InChI=1S/C20H33N5O2/c1-6-22-18(27)20(3,4)14-25-19(23-7-2)24-12-11-15-9-8-10-16(13-15)17(26)21-5/h8-10,13H,6-7,11-12,14H2,1-5H3,(H,21,26)(H,22,27)(H2,23,24,25). The first-order valence-electron chi connectivity index (χ1n) is 9.45. The topological polar surface area (TPSA) is 94.6 Å². The number of aliphatic imine (C=N–C) groups is 1. The summed E-state index contributed by atoms with van der Waals surface area (Å²) in [5.74, 6) is 0.584. The van der Waals surface area contributed by atoms with Crippen molar-refractivity contribution in [2.24, 2.45) is 10.4 Å². The number of guanidine groups is 1. The van der Waals surface area contributed by atoms with Gasteiger partial charge in [0.1, 0.15) is 0 Å². The summed E-state index contributed by atoms with van der Waals surface area (Å²) in [5, 5.41) is 12.0. The molecule has 0 radical (unpaired) electrons. The Kier molecular flexibility index (Phi) is 9.33. The molecule has 0 aliphatic rings. The lowest BCUT2D eigenvalue weighted by atomic mass is 9.92. The van der Waals surface area contributed by atoms with Gasteiger partial charge < -0.3 is 21.3 Å². The van der Waals surface area contributed by atoms with Crippen molar-refractivity contribution in [3.8, 4) is 0 Å². The minimum atomic E-state index is -0.569. The summed E-state index contributed by atoms with van der Waals surface area (Å²) in [4.78, 5) is 28.4. The van der Waals surface area contributed by atoms with E-state index in [1.807, 2.05) is 45.9 Å². The Morgan fingerprint density at radius 3 is 2.41 bits per heavy atom. The number of nitrogens with one attached hydrogen (secondary N) is 4. The average molecular weight is 376 g/mol. The van der Waals surface area contributed by atoms with E-state index in [2.05, 4.69) is 26.3 Å². The summed E-state index contributed by atoms with van der Waals surface area (Å²) in [6, 6.07) is 7.57. The zero-order chi connectivity index (χ0) is 20.3. The fourth-order valence-corrected chi connectivity index (χ4v) is 2.43. The molecule has 0 aliphatic carbocycles. The van der Waals surface area contributed by atoms with Gasteiger partial charge in [0.2, 0.25) is 5.91 Å². The van der Waals surface area contributed by atoms with Gasteiger partial charge in [-0.05, 0) is 51.8 Å². The smallest absolute Gasteiger partial charge is 0.251 e. The van der Waals surface area contributed by atoms with Crippen LogP contribution in [0.5, 0.6) is 0 Å². The molecule has 0 saturated heterocycles. The number of rotatable bonds is 9. The van der Waals surface area contributed by atoms with E-state index in [4.69, 9.17) is 0 Å². The molecule has 7 nitrogen and oxygen atoms in total. The van der Waals surface area contributed by atoms with Crippen LogP contribution in [0.15, 0.2) is 29.3 Å². The molecule has 27 heavy (non-hydrogen) atoms. The van der Waals surface area contributed by atoms with Gasteiger partial charge in [0, 0.05) is 32.2 Å². The highest BCUT2D eigenvalue weighted by atomic mass is 16.2. The number of benzene rings is 1. The molecule has 1 aromatic rings. The summed E-state index contributed by atoms with van der Waals surface area (Å²) in [6.07, 6.45) is 0.759. The maximum atomic E-state index is 12.1. The van der Waals surface area contributed by atoms with E-state index in [0.29, 0.717) is 31.2 Å². The maximum absolute atomic E-state index is 12.1. The first-order chi connectivity index (χ1) is 12.8. The minimum absolute atomic E-state index is 0.00406. The van der Waals surface area contributed by atoms with E-state index in [1.54, 1.807) is 13.1 Å². The van der Waals surface area contributed by atoms with Crippen molar-refractivity contribution < 1.29 is 9.59 Å². The number of amides is 2. The third kappa shape index (κ3) is 7.68. The molecule has 0 unspecified atom stereocenters. The van der Waals surface area contributed by atoms with Gasteiger partial charge in [-0.2, -0.15) is 0 Å². The lowest BCUT2D eigenvalue weighted by molar-refractivity contribution is -0.128. The highest BCUT2D eigenvalue weighted by Gasteiger charge is 2.26. The fourth-order valence-electron chi connectivity index (χ4n) is 2.43. The molecule has 7 heteroatoms. The monoisotopic (exact) mass is 375 g/mol. The molecule has 0 spiro atoms. The van der Waals surface area contributed by atoms with Crippen molar-refractivity contribution in [3.63, 3.8) is 0 Å². The quantitative estimate of drug-likeness (QED) is 0.387. The van der Waals surface area contributed by atoms with Gasteiger partial charge in [0.25, 0.3) is 5.91 Å². The Hall–Kier alpha value is -2.57. The normalized spacial score (nSPS) is 11.7. The predicted octanol–water partition coefficient (Wildman–Crippen LogP) is 1.31. The van der Waals surface area contributed by atoms with Gasteiger partial charge in [0.15, 0.2) is 5.96 Å². The Labute approximate surface area is 162 Å². The Morgan fingerprint density at radius 2 is 1.78 bits per heavy atom. The molecule has 0 heterocycles. The second-order valence-corrected chi connectivity index (χ2v) is 6.89. The molecule has 1 aromatic carbocycles. The number of carbonyl (C=O) groups excluding carboxylic acids is 2. The van der Waals surface area contributed by atoms with E-state index in [1.165, 1.54) is 0 Å². The first kappa shape index (κ1) is 22.5. The summed E-state index contributed by atoms with van der Waals surface area (Å²) < 4.78 is 0. The zero-order valence-electron chi connectivity index (χ0n) is 17.1. The number of nitrogens with zero attached hydrogens (tertiary/aromatic N) is 1. The van der Waals surface area contributed by atoms with Crippen LogP contribution in [0.1, 0.15) is 43.6 Å². The minimum Gasteiger partial charge on any atom is -0.357 e. The number of carbonyl (C=O) groups is 2. The van der Waals surface area contributed by atoms with Gasteiger partial charge in [-0.3, -0.25) is 14.6 Å². The fraction of sp³-hybridized carbons (Fsp3) is 0.550. The van der Waals surface area contributed by atoms with Crippen molar-refractivity contribution >= 4 is 17.8 Å². The predicted molar refractivity (Wildman–Crippen MR) is 110 cm³/mol. The van der Waals surface area contributed by atoms with Gasteiger partial charge in [-0.1, -0.05) is 12.1 Å². The zero-order valence-corrected chi connectivity index (χ0v) is 17.1. The Morgan fingerprint density at radius 1 is 1.07 bits per heavy atom. The summed E-state index contributed by atoms with van der Waals surface area (Å²) >= 11 is 0. The number of hydrogen-bond donors (Lipinski definition) is 4. The van der Waals surface area contributed by atoms with E-state index >= 15 is 0 Å². The second kappa shape index (κ2) is 11.2. The molecule has 0 aliphatic heterocycles. The SMILES string of the molecule is CCNC(=O)C(C)(C)CN=C(NCC)NCCc1cccc(C(=O)NC)c1. The van der Waals surface area contributed by atoms with Gasteiger partial charge in [0.05, 0.1) is 12.0 Å². The average Bonchev–Trinajstić information content (AvgIpc) is 2.66. The third-order valence-corrected chi connectivity index (χ3v) is 4.05. The van der Waals surface area contributed by atoms with Gasteiger partial charge in [-0.25, -0.2) is 0 Å². The van der Waals surface area contributed by atoms with Crippen LogP contribution in [0.2, 0.25) is 0 Å². The molecule has 1 rings (SSSR count). The summed E-state index contributed by atoms with van der Waals surface area (Å²) in [7, 11) is 1.62. The van der Waals surface area contributed by atoms with Crippen molar-refractivity contribution in [2.45, 2.75) is 34.1 Å². The van der Waals surface area contributed by atoms with E-state index in [9.17, 15) is 9.59 Å². The summed E-state index contributed by atoms with van der Waals surface area (Å²) in [5.41, 5.74) is 1.15. The van der Waals surface area contributed by atoms with Gasteiger partial charge in [-0.15, -0.1) is 0 Å². The van der Waals surface area contributed by atoms with Crippen LogP contribution in [0.3, 0.4) is 0 Å². The first-order valence-corrected chi connectivity index (χ1v) is 9.45. The molecule has 4 N–H and O–H groups in total. The second-order valence-electron chi connectivity index (χ2n) is 6.89. The lowest BCUT2D eigenvalue weighted by Crippen LogP contribution is -2.42. The molecule has 0 aromatic heterocycles. The molecule has 0 bridgehead atoms. The van der Waals surface area contributed by atoms with Crippen LogP contribution in [0.25, 0.3) is 0 Å². The maximum Gasteiger partial charge on any atom is 0.251 e. The molecule has 0 fully saturated rings. The van der Waals surface area contributed by atoms with Crippen LogP contribution in [-0.2, 0) is 11.2 Å². The Balaban J connectivity index is 2.65. The van der Waals surface area contributed by atoms with Crippen LogP contribution in [0.4, 0.5) is 0 Å². The number of hydrogen-bond acceptors (Lipinski definition) is 3. The molecular formula is C20H33N5O2. The molecule has 150 valence electrons. The Bertz CT molecular complexity index is 656. The van der Waals surface area contributed by atoms with E-state index < -0.39 is 5.41 Å². The lowest BCUT2D eigenvalue weighted by Gasteiger charge is -2.22. The van der Waals surface area contributed by atoms with E-state index in [0.717, 1.165) is 18.5 Å². The van der Waals surface area contributed by atoms with Crippen molar-refractivity contribution in [1.29, 1.82) is 0 Å². The molecular weight excluding hydrogens is 342 g/mol. The van der Waals surface area contributed by atoms with Crippen molar-refractivity contribution in [2.75, 3.05) is 33.2 Å². The molecule has 2 amide bonds. The van der Waals surface area contributed by atoms with Crippen LogP contribution < -0.4 is 21.3 Å². The summed E-state index contributed by atoms with van der Waals surface area (Å²) in [6.45, 7) is 10.1. The van der Waals surface area contributed by atoms with E-state index in [-0.39, 0.29) is 11.8 Å². The largest absolute Gasteiger partial charge is 0.357 e. The molecule has 0 saturated carbocycles. The highest BCUT2D eigenvalue weighted by Crippen LogP contribution is 2.15. The highest BCUT2D eigenvalue weighted by molar-refractivity contribution is 5.94. The van der Waals surface area contributed by atoms with Crippen molar-refractivity contribution in [3.05, 3.63) is 35.4 Å². The van der Waals surface area contributed by atoms with Crippen LogP contribution >= 0.6 is 0 Å². The van der Waals surface area contributed by atoms with Crippen LogP contribution in [0, 0.1) is 5.41 Å². The van der Waals surface area contributed by atoms with Crippen LogP contribution in [-0.4, -0.2) is 51.0 Å². The third-order valence-electron chi connectivity index (χ3n) is 4.05. The molecule has 0 atom stereocenters. The van der Waals surface area contributed by atoms with Crippen molar-refractivity contribution in [1.82, 2.24) is 21.3 Å².